The Morgan fingerprint density at radius 3 is 2.92 bits per heavy atom. The third-order valence-electron chi connectivity index (χ3n) is 2.37. The molecule has 1 aliphatic rings. The third-order valence-corrected chi connectivity index (χ3v) is 3.33. The summed E-state index contributed by atoms with van der Waals surface area (Å²) in [6, 6.07) is 1.08. The molecule has 1 aromatic heterocycles. The van der Waals surface area contributed by atoms with E-state index in [1.54, 1.807) is 11.3 Å². The predicted molar refractivity (Wildman–Crippen MR) is 55.8 cm³/mol. The fourth-order valence-electron chi connectivity index (χ4n) is 1.63. The van der Waals surface area contributed by atoms with Crippen molar-refractivity contribution in [3.8, 4) is 0 Å². The Morgan fingerprint density at radius 1 is 1.54 bits per heavy atom. The van der Waals surface area contributed by atoms with Gasteiger partial charge in [0.25, 0.3) is 0 Å². The largest absolute Gasteiger partial charge is 0.306 e. The van der Waals surface area contributed by atoms with E-state index in [1.165, 1.54) is 17.7 Å². The van der Waals surface area contributed by atoms with Crippen LogP contribution in [0.25, 0.3) is 0 Å². The molecular weight excluding hydrogens is 180 g/mol. The fraction of sp³-hybridized carbons (Fsp3) is 0.500. The molecule has 2 rings (SSSR count). The molecule has 0 bridgehead atoms. The second kappa shape index (κ2) is 4.03. The van der Waals surface area contributed by atoms with Crippen molar-refractivity contribution in [3.63, 3.8) is 0 Å². The van der Waals surface area contributed by atoms with Gasteiger partial charge < -0.3 is 5.32 Å². The number of hydrogen-bond acceptors (Lipinski definition) is 3. The van der Waals surface area contributed by atoms with E-state index in [4.69, 9.17) is 0 Å². The minimum absolute atomic E-state index is 0.442. The average Bonchev–Trinajstić information content (AvgIpc) is 2.74. The second-order valence-electron chi connectivity index (χ2n) is 3.43. The van der Waals surface area contributed by atoms with E-state index in [0.717, 1.165) is 0 Å². The molecule has 0 aliphatic heterocycles. The fourth-order valence-corrected chi connectivity index (χ4v) is 2.27. The van der Waals surface area contributed by atoms with E-state index < -0.39 is 0 Å². The zero-order valence-corrected chi connectivity index (χ0v) is 8.55. The van der Waals surface area contributed by atoms with Gasteiger partial charge in [-0.25, -0.2) is 0 Å². The molecule has 0 aromatic carbocycles. The minimum atomic E-state index is 0.442. The first-order valence-electron chi connectivity index (χ1n) is 4.65. The summed E-state index contributed by atoms with van der Waals surface area (Å²) in [5.74, 6) is 0. The van der Waals surface area contributed by atoms with Crippen molar-refractivity contribution < 1.29 is 0 Å². The molecule has 1 N–H and O–H groups in total. The minimum Gasteiger partial charge on any atom is -0.306 e. The van der Waals surface area contributed by atoms with E-state index >= 15 is 0 Å². The van der Waals surface area contributed by atoms with Gasteiger partial charge in [0, 0.05) is 23.2 Å². The monoisotopic (exact) mass is 194 g/mol. The highest BCUT2D eigenvalue weighted by Crippen LogP contribution is 2.19. The van der Waals surface area contributed by atoms with Gasteiger partial charge in [-0.1, -0.05) is 12.2 Å². The van der Waals surface area contributed by atoms with Crippen LogP contribution in [0.15, 0.2) is 23.9 Å². The van der Waals surface area contributed by atoms with E-state index in [9.17, 15) is 0 Å². The normalized spacial score (nSPS) is 19.5. The predicted octanol–water partition coefficient (Wildman–Crippen LogP) is 2.51. The van der Waals surface area contributed by atoms with Crippen LogP contribution < -0.4 is 5.32 Å². The number of nitrogens with zero attached hydrogens (tertiary/aromatic N) is 1. The van der Waals surface area contributed by atoms with Crippen LogP contribution >= 0.6 is 11.3 Å². The summed E-state index contributed by atoms with van der Waals surface area (Å²) >= 11 is 1.72. The molecule has 1 aliphatic carbocycles. The van der Waals surface area contributed by atoms with E-state index in [-0.39, 0.29) is 0 Å². The van der Waals surface area contributed by atoms with Gasteiger partial charge in [0.2, 0.25) is 0 Å². The molecule has 3 heteroatoms. The zero-order valence-electron chi connectivity index (χ0n) is 7.73. The van der Waals surface area contributed by atoms with Crippen molar-refractivity contribution >= 4 is 11.3 Å². The van der Waals surface area contributed by atoms with Crippen molar-refractivity contribution in [3.05, 3.63) is 28.7 Å². The molecule has 1 atom stereocenters. The quantitative estimate of drug-likeness (QED) is 0.748. The SMILES string of the molecule is CC(NC1CC=CC1)c1cncs1. The lowest BCUT2D eigenvalue weighted by Crippen LogP contribution is -2.28. The lowest BCUT2D eigenvalue weighted by molar-refractivity contribution is 0.475. The van der Waals surface area contributed by atoms with Gasteiger partial charge in [-0.3, -0.25) is 4.98 Å². The Kier molecular flexibility index (Phi) is 2.76. The van der Waals surface area contributed by atoms with Crippen molar-refractivity contribution in [2.75, 3.05) is 0 Å². The van der Waals surface area contributed by atoms with E-state index in [0.29, 0.717) is 12.1 Å². The Hall–Kier alpha value is -0.670. The van der Waals surface area contributed by atoms with Gasteiger partial charge in [-0.15, -0.1) is 11.3 Å². The Bertz CT molecular complexity index is 271. The number of aromatic nitrogens is 1. The third kappa shape index (κ3) is 2.17. The molecule has 0 fully saturated rings. The van der Waals surface area contributed by atoms with Gasteiger partial charge in [0.05, 0.1) is 5.51 Å². The summed E-state index contributed by atoms with van der Waals surface area (Å²) in [7, 11) is 0. The summed E-state index contributed by atoms with van der Waals surface area (Å²) < 4.78 is 0. The zero-order chi connectivity index (χ0) is 9.10. The van der Waals surface area contributed by atoms with Crippen LogP contribution in [0, 0.1) is 0 Å². The van der Waals surface area contributed by atoms with Crippen LogP contribution in [0.1, 0.15) is 30.7 Å². The topological polar surface area (TPSA) is 24.9 Å². The summed E-state index contributed by atoms with van der Waals surface area (Å²) in [5.41, 5.74) is 1.89. The summed E-state index contributed by atoms with van der Waals surface area (Å²) in [5, 5.41) is 3.59. The van der Waals surface area contributed by atoms with Crippen molar-refractivity contribution in [2.24, 2.45) is 0 Å². The van der Waals surface area contributed by atoms with Crippen LogP contribution in [-0.4, -0.2) is 11.0 Å². The van der Waals surface area contributed by atoms with Crippen LogP contribution in [0.5, 0.6) is 0 Å². The molecule has 1 aromatic rings. The lowest BCUT2D eigenvalue weighted by atomic mass is 10.2. The maximum Gasteiger partial charge on any atom is 0.0794 e. The first kappa shape index (κ1) is 8.91. The van der Waals surface area contributed by atoms with Gasteiger partial charge in [-0.2, -0.15) is 0 Å². The smallest absolute Gasteiger partial charge is 0.0794 e. The van der Waals surface area contributed by atoms with E-state index in [2.05, 4.69) is 29.4 Å². The van der Waals surface area contributed by atoms with Crippen molar-refractivity contribution in [1.82, 2.24) is 10.3 Å². The van der Waals surface area contributed by atoms with Crippen molar-refractivity contribution in [2.45, 2.75) is 31.8 Å². The Morgan fingerprint density at radius 2 is 2.31 bits per heavy atom. The molecule has 13 heavy (non-hydrogen) atoms. The molecule has 2 nitrogen and oxygen atoms in total. The molecule has 1 unspecified atom stereocenters. The van der Waals surface area contributed by atoms with Gasteiger partial charge in [-0.05, 0) is 19.8 Å². The summed E-state index contributed by atoms with van der Waals surface area (Å²) in [4.78, 5) is 5.41. The maximum atomic E-state index is 4.08. The van der Waals surface area contributed by atoms with Gasteiger partial charge >= 0.3 is 0 Å². The molecule has 1 heterocycles. The second-order valence-corrected chi connectivity index (χ2v) is 4.35. The van der Waals surface area contributed by atoms with Crippen LogP contribution in [0.2, 0.25) is 0 Å². The molecule has 0 amide bonds. The molecule has 70 valence electrons. The number of rotatable bonds is 3. The molecule has 0 saturated carbocycles. The first-order chi connectivity index (χ1) is 6.36. The lowest BCUT2D eigenvalue weighted by Gasteiger charge is -2.17. The Labute approximate surface area is 82.7 Å². The summed E-state index contributed by atoms with van der Waals surface area (Å²) in [6.45, 7) is 2.20. The summed E-state index contributed by atoms with van der Waals surface area (Å²) in [6.07, 6.45) is 8.78. The highest BCUT2D eigenvalue weighted by atomic mass is 32.1. The molecule has 0 saturated heterocycles. The Balaban J connectivity index is 1.88. The number of thiazole rings is 1. The van der Waals surface area contributed by atoms with Crippen LogP contribution in [0.4, 0.5) is 0 Å². The number of nitrogens with one attached hydrogen (secondary N) is 1. The number of hydrogen-bond donors (Lipinski definition) is 1. The van der Waals surface area contributed by atoms with Crippen molar-refractivity contribution in [1.29, 1.82) is 0 Å². The van der Waals surface area contributed by atoms with Crippen LogP contribution in [-0.2, 0) is 0 Å². The highest BCUT2D eigenvalue weighted by Gasteiger charge is 2.14. The molecule has 0 spiro atoms. The molecular formula is C10H14N2S. The maximum absolute atomic E-state index is 4.08. The average molecular weight is 194 g/mol. The van der Waals surface area contributed by atoms with Gasteiger partial charge in [0.1, 0.15) is 0 Å². The molecule has 0 radical (unpaired) electrons. The van der Waals surface area contributed by atoms with Gasteiger partial charge in [0.15, 0.2) is 0 Å². The van der Waals surface area contributed by atoms with Crippen LogP contribution in [0.3, 0.4) is 0 Å². The standard InChI is InChI=1S/C10H14N2S/c1-8(10-6-11-7-13-10)12-9-4-2-3-5-9/h2-3,6-9,12H,4-5H2,1H3. The highest BCUT2D eigenvalue weighted by molar-refractivity contribution is 7.09. The first-order valence-corrected chi connectivity index (χ1v) is 5.53. The van der Waals surface area contributed by atoms with E-state index in [1.807, 2.05) is 11.7 Å².